The second-order valence-electron chi connectivity index (χ2n) is 7.19. The van der Waals surface area contributed by atoms with Crippen LogP contribution in [0.15, 0.2) is 30.3 Å². The molecule has 1 aromatic rings. The van der Waals surface area contributed by atoms with E-state index in [2.05, 4.69) is 24.5 Å². The first kappa shape index (κ1) is 21.2. The van der Waals surface area contributed by atoms with E-state index in [4.69, 9.17) is 0 Å². The van der Waals surface area contributed by atoms with Gasteiger partial charge in [-0.2, -0.15) is 0 Å². The van der Waals surface area contributed by atoms with Crippen LogP contribution in [0.25, 0.3) is 0 Å². The van der Waals surface area contributed by atoms with Crippen molar-refractivity contribution in [3.63, 3.8) is 0 Å². The summed E-state index contributed by atoms with van der Waals surface area (Å²) in [5, 5.41) is 5.99. The maximum atomic E-state index is 12.5. The minimum atomic E-state index is -0.0496. The Morgan fingerprint density at radius 1 is 0.960 bits per heavy atom. The van der Waals surface area contributed by atoms with E-state index in [0.717, 1.165) is 12.0 Å². The third-order valence-electron chi connectivity index (χ3n) is 3.88. The summed E-state index contributed by atoms with van der Waals surface area (Å²) in [6, 6.07) is 10.1. The van der Waals surface area contributed by atoms with Crippen LogP contribution in [-0.2, 0) is 9.59 Å². The highest BCUT2D eigenvalue weighted by Crippen LogP contribution is 2.20. The molecule has 1 aromatic carbocycles. The first-order valence-electron chi connectivity index (χ1n) is 9.17. The van der Waals surface area contributed by atoms with E-state index in [1.807, 2.05) is 56.0 Å². The van der Waals surface area contributed by atoms with Crippen LogP contribution in [0.2, 0.25) is 0 Å². The van der Waals surface area contributed by atoms with Gasteiger partial charge >= 0.3 is 0 Å². The average Bonchev–Trinajstić information content (AvgIpc) is 2.53. The molecule has 2 amide bonds. The molecule has 140 valence electrons. The lowest BCUT2D eigenvalue weighted by molar-refractivity contribution is -0.125. The Morgan fingerprint density at radius 2 is 1.52 bits per heavy atom. The summed E-state index contributed by atoms with van der Waals surface area (Å²) in [4.78, 5) is 26.3. The van der Waals surface area contributed by atoms with Crippen LogP contribution >= 0.6 is 0 Å². The van der Waals surface area contributed by atoms with Crippen LogP contribution in [-0.4, -0.2) is 42.4 Å². The molecular weight excluding hydrogens is 314 g/mol. The van der Waals surface area contributed by atoms with Gasteiger partial charge in [-0.05, 0) is 38.3 Å². The summed E-state index contributed by atoms with van der Waals surface area (Å²) in [7, 11) is 0. The Kier molecular flexibility index (Phi) is 9.21. The number of nitrogens with one attached hydrogen (secondary N) is 2. The third kappa shape index (κ3) is 8.68. The van der Waals surface area contributed by atoms with Crippen molar-refractivity contribution in [1.29, 1.82) is 0 Å². The first-order valence-corrected chi connectivity index (χ1v) is 9.17. The molecule has 0 saturated heterocycles. The minimum absolute atomic E-state index is 0.00287. The van der Waals surface area contributed by atoms with Crippen molar-refractivity contribution in [2.75, 3.05) is 19.6 Å². The predicted octanol–water partition coefficient (Wildman–Crippen LogP) is 2.74. The highest BCUT2D eigenvalue weighted by Gasteiger charge is 2.18. The number of hydrogen-bond acceptors (Lipinski definition) is 3. The summed E-state index contributed by atoms with van der Waals surface area (Å²) in [6.07, 6.45) is 0.885. The van der Waals surface area contributed by atoms with Gasteiger partial charge in [-0.25, -0.2) is 0 Å². The maximum Gasteiger partial charge on any atom is 0.234 e. The largest absolute Gasteiger partial charge is 0.353 e. The molecule has 0 radical (unpaired) electrons. The summed E-state index contributed by atoms with van der Waals surface area (Å²) >= 11 is 0. The Hall–Kier alpha value is -1.88. The molecule has 5 heteroatoms. The molecule has 0 aliphatic heterocycles. The van der Waals surface area contributed by atoms with Crippen molar-refractivity contribution in [3.05, 3.63) is 35.9 Å². The lowest BCUT2D eigenvalue weighted by Gasteiger charge is -2.24. The van der Waals surface area contributed by atoms with Crippen molar-refractivity contribution in [2.24, 2.45) is 5.92 Å². The second kappa shape index (κ2) is 10.9. The van der Waals surface area contributed by atoms with Crippen LogP contribution < -0.4 is 10.6 Å². The topological polar surface area (TPSA) is 61.4 Å². The van der Waals surface area contributed by atoms with Gasteiger partial charge in [0, 0.05) is 6.04 Å². The summed E-state index contributed by atoms with van der Waals surface area (Å²) in [5.41, 5.74) is 1.12. The molecule has 0 heterocycles. The fraction of sp³-hybridized carbons (Fsp3) is 0.600. The zero-order valence-corrected chi connectivity index (χ0v) is 16.2. The lowest BCUT2D eigenvalue weighted by atomic mass is 9.97. The quantitative estimate of drug-likeness (QED) is 0.684. The van der Waals surface area contributed by atoms with Gasteiger partial charge in [0.15, 0.2) is 0 Å². The van der Waals surface area contributed by atoms with Gasteiger partial charge in [0.05, 0.1) is 19.1 Å². The molecular formula is C20H33N3O2. The molecule has 0 aromatic heterocycles. The maximum absolute atomic E-state index is 12.5. The van der Waals surface area contributed by atoms with Crippen LogP contribution in [0.5, 0.6) is 0 Å². The van der Waals surface area contributed by atoms with Gasteiger partial charge in [0.25, 0.3) is 0 Å². The standard InChI is InChI=1S/C20H33N3O2/c1-6-23(13-19(24)21-16(4)5)14-20(25)22-18(12-15(2)3)17-10-8-7-9-11-17/h7-11,15-16,18H,6,12-14H2,1-5H3,(H,21,24)(H,22,25)/t18-/m1/s1. The van der Waals surface area contributed by atoms with Crippen LogP contribution in [0.4, 0.5) is 0 Å². The number of amides is 2. The minimum Gasteiger partial charge on any atom is -0.353 e. The lowest BCUT2D eigenvalue weighted by Crippen LogP contribution is -2.44. The molecule has 0 bridgehead atoms. The first-order chi connectivity index (χ1) is 11.8. The number of carbonyl (C=O) groups is 2. The number of rotatable bonds is 10. The Bertz CT molecular complexity index is 529. The molecule has 5 nitrogen and oxygen atoms in total. The molecule has 0 fully saturated rings. The number of carbonyl (C=O) groups excluding carboxylic acids is 2. The molecule has 25 heavy (non-hydrogen) atoms. The Morgan fingerprint density at radius 3 is 2.00 bits per heavy atom. The molecule has 2 N–H and O–H groups in total. The highest BCUT2D eigenvalue weighted by molar-refractivity contribution is 5.81. The fourth-order valence-corrected chi connectivity index (χ4v) is 2.73. The second-order valence-corrected chi connectivity index (χ2v) is 7.19. The molecule has 1 atom stereocenters. The van der Waals surface area contributed by atoms with Gasteiger partial charge in [0.1, 0.15) is 0 Å². The average molecular weight is 348 g/mol. The summed E-state index contributed by atoms with van der Waals surface area (Å²) < 4.78 is 0. The van der Waals surface area contributed by atoms with Crippen LogP contribution in [0.1, 0.15) is 52.6 Å². The van der Waals surface area contributed by atoms with Crippen molar-refractivity contribution >= 4 is 11.8 Å². The van der Waals surface area contributed by atoms with Crippen molar-refractivity contribution in [2.45, 2.75) is 53.1 Å². The molecule has 0 unspecified atom stereocenters. The third-order valence-corrected chi connectivity index (χ3v) is 3.88. The molecule has 0 aliphatic rings. The predicted molar refractivity (Wildman–Crippen MR) is 102 cm³/mol. The number of likely N-dealkylation sites (N-methyl/N-ethyl adjacent to an activating group) is 1. The van der Waals surface area contributed by atoms with Gasteiger partial charge in [-0.1, -0.05) is 51.1 Å². The van der Waals surface area contributed by atoms with E-state index in [-0.39, 0.29) is 37.0 Å². The van der Waals surface area contributed by atoms with Crippen LogP contribution in [0.3, 0.4) is 0 Å². The molecule has 0 saturated carbocycles. The highest BCUT2D eigenvalue weighted by atomic mass is 16.2. The molecule has 0 aliphatic carbocycles. The normalized spacial score (nSPS) is 12.5. The van der Waals surface area contributed by atoms with E-state index in [1.165, 1.54) is 0 Å². The van der Waals surface area contributed by atoms with Gasteiger partial charge in [-0.15, -0.1) is 0 Å². The van der Waals surface area contributed by atoms with Gasteiger partial charge < -0.3 is 10.6 Å². The molecule has 0 spiro atoms. The van der Waals surface area contributed by atoms with Gasteiger partial charge in [0.2, 0.25) is 11.8 Å². The van der Waals surface area contributed by atoms with Crippen molar-refractivity contribution in [3.8, 4) is 0 Å². The van der Waals surface area contributed by atoms with E-state index in [0.29, 0.717) is 12.5 Å². The molecule has 1 rings (SSSR count). The van der Waals surface area contributed by atoms with E-state index >= 15 is 0 Å². The SMILES string of the molecule is CCN(CC(=O)NC(C)C)CC(=O)N[C@H](CC(C)C)c1ccccc1. The van der Waals surface area contributed by atoms with E-state index < -0.39 is 0 Å². The monoisotopic (exact) mass is 347 g/mol. The Labute approximate surface area is 152 Å². The number of hydrogen-bond donors (Lipinski definition) is 2. The van der Waals surface area contributed by atoms with E-state index in [9.17, 15) is 9.59 Å². The zero-order chi connectivity index (χ0) is 18.8. The van der Waals surface area contributed by atoms with Gasteiger partial charge in [-0.3, -0.25) is 14.5 Å². The van der Waals surface area contributed by atoms with E-state index in [1.54, 1.807) is 0 Å². The summed E-state index contributed by atoms with van der Waals surface area (Å²) in [6.45, 7) is 11.2. The smallest absolute Gasteiger partial charge is 0.234 e. The Balaban J connectivity index is 2.64. The van der Waals surface area contributed by atoms with Crippen molar-refractivity contribution < 1.29 is 9.59 Å². The van der Waals surface area contributed by atoms with Crippen LogP contribution in [0, 0.1) is 5.92 Å². The fourth-order valence-electron chi connectivity index (χ4n) is 2.73. The van der Waals surface area contributed by atoms with Crippen molar-refractivity contribution in [1.82, 2.24) is 15.5 Å². The number of nitrogens with zero attached hydrogens (tertiary/aromatic N) is 1. The zero-order valence-electron chi connectivity index (χ0n) is 16.2. The number of benzene rings is 1. The summed E-state index contributed by atoms with van der Waals surface area (Å²) in [5.74, 6) is 0.379.